The van der Waals surface area contributed by atoms with E-state index < -0.39 is 10.0 Å². The Morgan fingerprint density at radius 1 is 1.00 bits per heavy atom. The molecule has 0 aliphatic heterocycles. The topological polar surface area (TPSA) is 71.1 Å². The van der Waals surface area contributed by atoms with E-state index in [-0.39, 0.29) is 0 Å². The summed E-state index contributed by atoms with van der Waals surface area (Å²) in [6.07, 6.45) is 1.12. The van der Waals surface area contributed by atoms with Gasteiger partial charge in [-0.05, 0) is 36.4 Å². The number of halogens is 1. The van der Waals surface area contributed by atoms with Crippen LogP contribution in [-0.4, -0.2) is 19.7 Å². The van der Waals surface area contributed by atoms with Crippen molar-refractivity contribution in [1.29, 1.82) is 0 Å². The standard InChI is InChI=1S/C16H14ClN3O2S2/c1-24(21,22)20-14-6-2-11(3-7-14)15-10-23-16(19-15)18-13-8-4-12(17)5-9-13/h2-10,20H,1H3,(H,18,19). The summed E-state index contributed by atoms with van der Waals surface area (Å²) in [5, 5.41) is 6.62. The van der Waals surface area contributed by atoms with Crippen molar-refractivity contribution in [1.82, 2.24) is 4.98 Å². The maximum Gasteiger partial charge on any atom is 0.229 e. The minimum atomic E-state index is -3.27. The molecule has 3 rings (SSSR count). The lowest BCUT2D eigenvalue weighted by Crippen LogP contribution is -2.09. The second kappa shape index (κ2) is 6.80. The number of anilines is 3. The van der Waals surface area contributed by atoms with E-state index in [4.69, 9.17) is 11.6 Å². The quantitative estimate of drug-likeness (QED) is 0.680. The Morgan fingerprint density at radius 3 is 2.25 bits per heavy atom. The predicted octanol–water partition coefficient (Wildman–Crippen LogP) is 4.58. The lowest BCUT2D eigenvalue weighted by Gasteiger charge is -2.04. The third-order valence-corrected chi connectivity index (χ3v) is 4.70. The van der Waals surface area contributed by atoms with Crippen LogP contribution >= 0.6 is 22.9 Å². The highest BCUT2D eigenvalue weighted by atomic mass is 35.5. The van der Waals surface area contributed by atoms with Crippen molar-refractivity contribution < 1.29 is 8.42 Å². The highest BCUT2D eigenvalue weighted by Gasteiger charge is 2.06. The van der Waals surface area contributed by atoms with Gasteiger partial charge in [-0.15, -0.1) is 11.3 Å². The first-order valence-electron chi connectivity index (χ1n) is 6.95. The lowest BCUT2D eigenvalue weighted by atomic mass is 10.1. The molecule has 0 amide bonds. The second-order valence-corrected chi connectivity index (χ2v) is 8.16. The summed E-state index contributed by atoms with van der Waals surface area (Å²) in [4.78, 5) is 4.54. The molecule has 3 aromatic rings. The van der Waals surface area contributed by atoms with Crippen LogP contribution in [0.3, 0.4) is 0 Å². The Bertz CT molecular complexity index is 936. The normalized spacial score (nSPS) is 11.2. The summed E-state index contributed by atoms with van der Waals surface area (Å²) in [5.41, 5.74) is 3.17. The molecule has 0 aliphatic rings. The van der Waals surface area contributed by atoms with Crippen molar-refractivity contribution in [3.05, 3.63) is 58.9 Å². The van der Waals surface area contributed by atoms with Crippen LogP contribution < -0.4 is 10.0 Å². The molecule has 24 heavy (non-hydrogen) atoms. The highest BCUT2D eigenvalue weighted by Crippen LogP contribution is 2.28. The van der Waals surface area contributed by atoms with Crippen LogP contribution in [0.2, 0.25) is 5.02 Å². The van der Waals surface area contributed by atoms with E-state index in [0.29, 0.717) is 10.7 Å². The van der Waals surface area contributed by atoms with Gasteiger partial charge in [-0.3, -0.25) is 4.72 Å². The van der Waals surface area contributed by atoms with Crippen LogP contribution in [-0.2, 0) is 10.0 Å². The molecule has 5 nitrogen and oxygen atoms in total. The van der Waals surface area contributed by atoms with Crippen molar-refractivity contribution in [2.75, 3.05) is 16.3 Å². The van der Waals surface area contributed by atoms with Gasteiger partial charge in [0.15, 0.2) is 5.13 Å². The first-order valence-corrected chi connectivity index (χ1v) is 10.1. The molecule has 1 heterocycles. The number of nitrogens with one attached hydrogen (secondary N) is 2. The summed E-state index contributed by atoms with van der Waals surface area (Å²) in [6.45, 7) is 0. The van der Waals surface area contributed by atoms with E-state index in [1.54, 1.807) is 12.1 Å². The Morgan fingerprint density at radius 2 is 1.62 bits per heavy atom. The van der Waals surface area contributed by atoms with Crippen molar-refractivity contribution in [2.45, 2.75) is 0 Å². The number of nitrogens with zero attached hydrogens (tertiary/aromatic N) is 1. The van der Waals surface area contributed by atoms with E-state index in [1.807, 2.05) is 41.8 Å². The van der Waals surface area contributed by atoms with E-state index >= 15 is 0 Å². The van der Waals surface area contributed by atoms with Crippen LogP contribution in [0.25, 0.3) is 11.3 Å². The molecule has 8 heteroatoms. The zero-order chi connectivity index (χ0) is 17.2. The van der Waals surface area contributed by atoms with Gasteiger partial charge in [0.25, 0.3) is 0 Å². The fourth-order valence-corrected chi connectivity index (χ4v) is 3.47. The monoisotopic (exact) mass is 379 g/mol. The Hall–Kier alpha value is -2.09. The SMILES string of the molecule is CS(=O)(=O)Nc1ccc(-c2csc(Nc3ccc(Cl)cc3)n2)cc1. The molecule has 0 unspecified atom stereocenters. The Balaban J connectivity index is 1.74. The molecular formula is C16H14ClN3O2S2. The van der Waals surface area contributed by atoms with Gasteiger partial charge in [-0.1, -0.05) is 23.7 Å². The van der Waals surface area contributed by atoms with Gasteiger partial charge in [0.2, 0.25) is 10.0 Å². The number of benzene rings is 2. The molecule has 0 saturated heterocycles. The first-order chi connectivity index (χ1) is 11.4. The molecular weight excluding hydrogens is 366 g/mol. The largest absolute Gasteiger partial charge is 0.332 e. The van der Waals surface area contributed by atoms with Gasteiger partial charge >= 0.3 is 0 Å². The summed E-state index contributed by atoms with van der Waals surface area (Å²) >= 11 is 7.36. The van der Waals surface area contributed by atoms with E-state index in [9.17, 15) is 8.42 Å². The maximum atomic E-state index is 11.2. The smallest absolute Gasteiger partial charge is 0.229 e. The van der Waals surface area contributed by atoms with Gasteiger partial charge in [-0.25, -0.2) is 13.4 Å². The van der Waals surface area contributed by atoms with Crippen molar-refractivity contribution in [2.24, 2.45) is 0 Å². The Labute approximate surface area is 149 Å². The van der Waals surface area contributed by atoms with Crippen LogP contribution in [0.1, 0.15) is 0 Å². The molecule has 0 aliphatic carbocycles. The van der Waals surface area contributed by atoms with E-state index in [1.165, 1.54) is 11.3 Å². The van der Waals surface area contributed by atoms with Gasteiger partial charge in [0.1, 0.15) is 0 Å². The zero-order valence-electron chi connectivity index (χ0n) is 12.7. The minimum absolute atomic E-state index is 0.524. The average Bonchev–Trinajstić information content (AvgIpc) is 2.97. The molecule has 1 aromatic heterocycles. The number of sulfonamides is 1. The van der Waals surface area contributed by atoms with E-state index in [2.05, 4.69) is 15.0 Å². The molecule has 0 atom stereocenters. The minimum Gasteiger partial charge on any atom is -0.332 e. The van der Waals surface area contributed by atoms with Gasteiger partial charge in [-0.2, -0.15) is 0 Å². The molecule has 0 radical (unpaired) electrons. The fourth-order valence-electron chi connectivity index (χ4n) is 2.04. The van der Waals surface area contributed by atoms with Crippen molar-refractivity contribution in [3.8, 4) is 11.3 Å². The number of hydrogen-bond donors (Lipinski definition) is 2. The fraction of sp³-hybridized carbons (Fsp3) is 0.0625. The molecule has 124 valence electrons. The number of thiazole rings is 1. The van der Waals surface area contributed by atoms with Crippen LogP contribution in [0.4, 0.5) is 16.5 Å². The molecule has 0 bridgehead atoms. The van der Waals surface area contributed by atoms with Crippen molar-refractivity contribution in [3.63, 3.8) is 0 Å². The van der Waals surface area contributed by atoms with Crippen LogP contribution in [0, 0.1) is 0 Å². The average molecular weight is 380 g/mol. The molecule has 0 saturated carbocycles. The van der Waals surface area contributed by atoms with Crippen molar-refractivity contribution >= 4 is 49.5 Å². The van der Waals surface area contributed by atoms with E-state index in [0.717, 1.165) is 28.3 Å². The van der Waals surface area contributed by atoms with Crippen LogP contribution in [0.5, 0.6) is 0 Å². The first kappa shape index (κ1) is 16.8. The predicted molar refractivity (Wildman–Crippen MR) is 101 cm³/mol. The number of aromatic nitrogens is 1. The highest BCUT2D eigenvalue weighted by molar-refractivity contribution is 7.92. The summed E-state index contributed by atoms with van der Waals surface area (Å²) in [5.74, 6) is 0. The Kier molecular flexibility index (Phi) is 4.75. The second-order valence-electron chi connectivity index (χ2n) is 5.12. The third-order valence-electron chi connectivity index (χ3n) is 3.08. The zero-order valence-corrected chi connectivity index (χ0v) is 15.0. The van der Waals surface area contributed by atoms with Gasteiger partial charge < -0.3 is 5.32 Å². The molecule has 2 aromatic carbocycles. The molecule has 0 spiro atoms. The summed E-state index contributed by atoms with van der Waals surface area (Å²) < 4.78 is 24.9. The van der Waals surface area contributed by atoms with Gasteiger partial charge in [0.05, 0.1) is 11.9 Å². The van der Waals surface area contributed by atoms with Gasteiger partial charge in [0, 0.05) is 27.3 Å². The summed E-state index contributed by atoms with van der Waals surface area (Å²) in [7, 11) is -3.27. The summed E-state index contributed by atoms with van der Waals surface area (Å²) in [6, 6.07) is 14.5. The molecule has 0 fully saturated rings. The number of hydrogen-bond acceptors (Lipinski definition) is 5. The molecule has 2 N–H and O–H groups in total. The third kappa shape index (κ3) is 4.47. The van der Waals surface area contributed by atoms with Crippen LogP contribution in [0.15, 0.2) is 53.9 Å². The maximum absolute atomic E-state index is 11.2. The number of rotatable bonds is 5. The lowest BCUT2D eigenvalue weighted by molar-refractivity contribution is 0.607.